The van der Waals surface area contributed by atoms with Gasteiger partial charge in [-0.3, -0.25) is 9.79 Å². The molecule has 0 saturated carbocycles. The molecular weight excluding hydrogens is 224 g/mol. The molecule has 1 aliphatic heterocycles. The first-order chi connectivity index (χ1) is 8.13. The second-order valence-electron chi connectivity index (χ2n) is 4.09. The first-order valence-electron chi connectivity index (χ1n) is 5.31. The Morgan fingerprint density at radius 2 is 2.35 bits per heavy atom. The van der Waals surface area contributed by atoms with E-state index in [0.717, 1.165) is 0 Å². The minimum Gasteiger partial charge on any atom is -0.377 e. The molecule has 0 N–H and O–H groups in total. The highest BCUT2D eigenvalue weighted by Crippen LogP contribution is 2.20. The molecule has 0 saturated heterocycles. The summed E-state index contributed by atoms with van der Waals surface area (Å²) in [6.07, 6.45) is 1.43. The van der Waals surface area contributed by atoms with Crippen LogP contribution in [0.5, 0.6) is 0 Å². The molecule has 1 atom stereocenters. The average Bonchev–Trinajstić information content (AvgIpc) is 2.85. The van der Waals surface area contributed by atoms with Crippen LogP contribution in [0.4, 0.5) is 6.01 Å². The Morgan fingerprint density at radius 3 is 2.94 bits per heavy atom. The second-order valence-corrected chi connectivity index (χ2v) is 4.09. The molecule has 0 aromatic carbocycles. The lowest BCUT2D eigenvalue weighted by molar-refractivity contribution is -0.119. The lowest BCUT2D eigenvalue weighted by atomic mass is 10.1. The molecule has 0 spiro atoms. The number of rotatable bonds is 4. The van der Waals surface area contributed by atoms with Crippen LogP contribution in [-0.2, 0) is 16.1 Å². The van der Waals surface area contributed by atoms with E-state index in [9.17, 15) is 4.79 Å². The summed E-state index contributed by atoms with van der Waals surface area (Å²) in [5.74, 6) is 0.398. The predicted octanol–water partition coefficient (Wildman–Crippen LogP) is 0.615. The summed E-state index contributed by atoms with van der Waals surface area (Å²) in [6, 6.07) is -0.235. The summed E-state index contributed by atoms with van der Waals surface area (Å²) in [4.78, 5) is 21.4. The molecule has 2 rings (SSSR count). The first kappa shape index (κ1) is 11.7. The third-order valence-electron chi connectivity index (χ3n) is 2.40. The maximum absolute atomic E-state index is 12.0. The summed E-state index contributed by atoms with van der Waals surface area (Å²) in [6.45, 7) is 4.12. The van der Waals surface area contributed by atoms with Crippen LogP contribution in [-0.4, -0.2) is 35.5 Å². The molecule has 7 nitrogen and oxygen atoms in total. The Labute approximate surface area is 98.5 Å². The second kappa shape index (κ2) is 4.62. The number of aliphatic imine (C=N–C) groups is 1. The molecule has 1 amide bonds. The number of carbonyl (C=O) groups is 1. The Balaban J connectivity index is 2.13. The van der Waals surface area contributed by atoms with Crippen LogP contribution in [0.15, 0.2) is 9.52 Å². The van der Waals surface area contributed by atoms with Gasteiger partial charge in [0.2, 0.25) is 0 Å². The van der Waals surface area contributed by atoms with Crippen LogP contribution in [0, 0.1) is 5.92 Å². The van der Waals surface area contributed by atoms with Crippen LogP contribution < -0.4 is 4.90 Å². The molecule has 1 aromatic rings. The summed E-state index contributed by atoms with van der Waals surface area (Å²) in [7, 11) is 1.54. The molecule has 1 unspecified atom stereocenters. The molecule has 2 heterocycles. The van der Waals surface area contributed by atoms with Gasteiger partial charge in [-0.05, 0) is 5.92 Å². The van der Waals surface area contributed by atoms with Crippen LogP contribution in [0.2, 0.25) is 0 Å². The molecule has 0 radical (unpaired) electrons. The molecule has 7 heteroatoms. The number of hydrogen-bond donors (Lipinski definition) is 0. The van der Waals surface area contributed by atoms with Crippen molar-refractivity contribution >= 4 is 18.3 Å². The van der Waals surface area contributed by atoms with Crippen molar-refractivity contribution in [1.29, 1.82) is 0 Å². The van der Waals surface area contributed by atoms with Gasteiger partial charge >= 0.3 is 6.01 Å². The van der Waals surface area contributed by atoms with E-state index in [1.54, 1.807) is 0 Å². The SMILES string of the molecule is COCc1noc(N2C=NC(C(C)C)C2=O)n1. The molecule has 0 fully saturated rings. The quantitative estimate of drug-likeness (QED) is 0.767. The number of carbonyl (C=O) groups excluding carboxylic acids is 1. The number of ether oxygens (including phenoxy) is 1. The van der Waals surface area contributed by atoms with Gasteiger partial charge in [-0.1, -0.05) is 19.0 Å². The smallest absolute Gasteiger partial charge is 0.336 e. The maximum atomic E-state index is 12.0. The van der Waals surface area contributed by atoms with Crippen molar-refractivity contribution in [3.8, 4) is 0 Å². The van der Waals surface area contributed by atoms with E-state index in [-0.39, 0.29) is 30.5 Å². The highest BCUT2D eigenvalue weighted by atomic mass is 16.5. The van der Waals surface area contributed by atoms with E-state index in [1.165, 1.54) is 18.3 Å². The molecular formula is C10H14N4O3. The standard InChI is InChI=1S/C10H14N4O3/c1-6(2)8-9(15)14(5-11-8)10-12-7(4-16-3)13-17-10/h5-6,8H,4H2,1-3H3. The van der Waals surface area contributed by atoms with Gasteiger partial charge < -0.3 is 9.26 Å². The monoisotopic (exact) mass is 238 g/mol. The fraction of sp³-hybridized carbons (Fsp3) is 0.600. The van der Waals surface area contributed by atoms with Crippen molar-refractivity contribution in [3.63, 3.8) is 0 Å². The minimum absolute atomic E-state index is 0.133. The van der Waals surface area contributed by atoms with Gasteiger partial charge in [0.15, 0.2) is 5.82 Å². The summed E-state index contributed by atoms with van der Waals surface area (Å²) in [5.41, 5.74) is 0. The fourth-order valence-electron chi connectivity index (χ4n) is 1.53. The van der Waals surface area contributed by atoms with Crippen LogP contribution in [0.1, 0.15) is 19.7 Å². The number of methoxy groups -OCH3 is 1. The minimum atomic E-state index is -0.368. The van der Waals surface area contributed by atoms with Gasteiger partial charge in [0.25, 0.3) is 5.91 Å². The summed E-state index contributed by atoms with van der Waals surface area (Å²) < 4.78 is 9.84. The highest BCUT2D eigenvalue weighted by molar-refractivity contribution is 6.13. The molecule has 17 heavy (non-hydrogen) atoms. The third kappa shape index (κ3) is 2.19. The van der Waals surface area contributed by atoms with Gasteiger partial charge in [0, 0.05) is 7.11 Å². The van der Waals surface area contributed by atoms with E-state index < -0.39 is 0 Å². The van der Waals surface area contributed by atoms with Gasteiger partial charge in [0.05, 0.1) is 0 Å². The van der Waals surface area contributed by atoms with E-state index in [4.69, 9.17) is 9.26 Å². The lowest BCUT2D eigenvalue weighted by Crippen LogP contribution is -2.33. The van der Waals surface area contributed by atoms with Gasteiger partial charge in [-0.2, -0.15) is 4.98 Å². The Bertz CT molecular complexity index is 441. The van der Waals surface area contributed by atoms with Crippen molar-refractivity contribution in [2.24, 2.45) is 10.9 Å². The molecule has 1 aromatic heterocycles. The summed E-state index contributed by atoms with van der Waals surface area (Å²) >= 11 is 0. The third-order valence-corrected chi connectivity index (χ3v) is 2.40. The topological polar surface area (TPSA) is 80.8 Å². The number of nitrogens with zero attached hydrogens (tertiary/aromatic N) is 4. The average molecular weight is 238 g/mol. The van der Waals surface area contributed by atoms with Crippen LogP contribution in [0.25, 0.3) is 0 Å². The Morgan fingerprint density at radius 1 is 1.59 bits per heavy atom. The van der Waals surface area contributed by atoms with Crippen molar-refractivity contribution in [1.82, 2.24) is 10.1 Å². The van der Waals surface area contributed by atoms with Crippen molar-refractivity contribution < 1.29 is 14.1 Å². The van der Waals surface area contributed by atoms with Gasteiger partial charge in [-0.25, -0.2) is 4.90 Å². The number of aromatic nitrogens is 2. The van der Waals surface area contributed by atoms with Crippen molar-refractivity contribution in [2.45, 2.75) is 26.5 Å². The number of hydrogen-bond acceptors (Lipinski definition) is 6. The van der Waals surface area contributed by atoms with Crippen LogP contribution >= 0.6 is 0 Å². The van der Waals surface area contributed by atoms with Crippen molar-refractivity contribution in [2.75, 3.05) is 12.0 Å². The summed E-state index contributed by atoms with van der Waals surface area (Å²) in [5, 5.41) is 3.69. The molecule has 0 bridgehead atoms. The number of anilines is 1. The fourth-order valence-corrected chi connectivity index (χ4v) is 1.53. The van der Waals surface area contributed by atoms with Crippen LogP contribution in [0.3, 0.4) is 0 Å². The zero-order chi connectivity index (χ0) is 12.4. The zero-order valence-electron chi connectivity index (χ0n) is 9.95. The number of amides is 1. The highest BCUT2D eigenvalue weighted by Gasteiger charge is 2.34. The molecule has 92 valence electrons. The van der Waals surface area contributed by atoms with E-state index in [2.05, 4.69) is 15.1 Å². The van der Waals surface area contributed by atoms with E-state index in [1.807, 2.05) is 13.8 Å². The Hall–Kier alpha value is -1.76. The maximum Gasteiger partial charge on any atom is 0.336 e. The van der Waals surface area contributed by atoms with Gasteiger partial charge in [0.1, 0.15) is 19.0 Å². The van der Waals surface area contributed by atoms with Gasteiger partial charge in [-0.15, -0.1) is 0 Å². The van der Waals surface area contributed by atoms with E-state index >= 15 is 0 Å². The zero-order valence-corrected chi connectivity index (χ0v) is 9.95. The normalized spacial score (nSPS) is 19.6. The predicted molar refractivity (Wildman–Crippen MR) is 59.6 cm³/mol. The lowest BCUT2D eigenvalue weighted by Gasteiger charge is -2.11. The van der Waals surface area contributed by atoms with E-state index in [0.29, 0.717) is 5.82 Å². The molecule has 0 aliphatic carbocycles. The largest absolute Gasteiger partial charge is 0.377 e. The molecule has 1 aliphatic rings. The Kier molecular flexibility index (Phi) is 3.19. The first-order valence-corrected chi connectivity index (χ1v) is 5.31. The van der Waals surface area contributed by atoms with Crippen molar-refractivity contribution in [3.05, 3.63) is 5.82 Å².